The molecule has 2 aromatic carbocycles. The highest BCUT2D eigenvalue weighted by atomic mass is 19.1. The smallest absolute Gasteiger partial charge is 0.338 e. The first-order valence-corrected chi connectivity index (χ1v) is 10.3. The van der Waals surface area contributed by atoms with Gasteiger partial charge in [0.25, 0.3) is 5.91 Å². The molecular formula is C25H31F2NO3. The number of hydrogen-bond acceptors (Lipinski definition) is 3. The fourth-order valence-corrected chi connectivity index (χ4v) is 3.41. The molecule has 2 unspecified atom stereocenters. The van der Waals surface area contributed by atoms with E-state index in [1.54, 1.807) is 0 Å². The SMILES string of the molecule is CC(C)(C)C(CNC(=O)c1ccc(F)cc1)C(OC(=O)c1ccc(F)cc1)C(C)(C)C. The van der Waals surface area contributed by atoms with Crippen LogP contribution in [0.2, 0.25) is 0 Å². The molecule has 0 aliphatic rings. The van der Waals surface area contributed by atoms with E-state index in [1.165, 1.54) is 48.5 Å². The minimum Gasteiger partial charge on any atom is -0.458 e. The Hall–Kier alpha value is -2.76. The van der Waals surface area contributed by atoms with E-state index in [0.29, 0.717) is 5.56 Å². The Morgan fingerprint density at radius 3 is 1.68 bits per heavy atom. The molecule has 0 fully saturated rings. The zero-order chi connectivity index (χ0) is 23.4. The average molecular weight is 432 g/mol. The van der Waals surface area contributed by atoms with Crippen LogP contribution in [0.3, 0.4) is 0 Å². The summed E-state index contributed by atoms with van der Waals surface area (Å²) < 4.78 is 32.3. The summed E-state index contributed by atoms with van der Waals surface area (Å²) in [4.78, 5) is 25.3. The van der Waals surface area contributed by atoms with E-state index in [9.17, 15) is 18.4 Å². The topological polar surface area (TPSA) is 55.4 Å². The molecule has 31 heavy (non-hydrogen) atoms. The molecule has 0 aromatic heterocycles. The molecule has 0 aliphatic carbocycles. The molecule has 0 radical (unpaired) electrons. The number of carbonyl (C=O) groups is 2. The van der Waals surface area contributed by atoms with Crippen molar-refractivity contribution in [3.8, 4) is 0 Å². The predicted molar refractivity (Wildman–Crippen MR) is 117 cm³/mol. The van der Waals surface area contributed by atoms with E-state index in [0.717, 1.165) is 0 Å². The molecule has 2 aromatic rings. The Morgan fingerprint density at radius 2 is 1.26 bits per heavy atom. The highest BCUT2D eigenvalue weighted by molar-refractivity contribution is 5.94. The predicted octanol–water partition coefficient (Wildman–Crippen LogP) is 5.63. The van der Waals surface area contributed by atoms with Crippen molar-refractivity contribution in [1.82, 2.24) is 5.32 Å². The quantitative estimate of drug-likeness (QED) is 0.603. The van der Waals surface area contributed by atoms with E-state index in [2.05, 4.69) is 5.32 Å². The van der Waals surface area contributed by atoms with Gasteiger partial charge in [-0.25, -0.2) is 13.6 Å². The Labute approximate surface area is 183 Å². The zero-order valence-corrected chi connectivity index (χ0v) is 19.0. The van der Waals surface area contributed by atoms with Crippen LogP contribution >= 0.6 is 0 Å². The zero-order valence-electron chi connectivity index (χ0n) is 19.0. The molecule has 2 atom stereocenters. The Kier molecular flexibility index (Phi) is 7.58. The molecule has 1 N–H and O–H groups in total. The van der Waals surface area contributed by atoms with Crippen molar-refractivity contribution in [3.05, 3.63) is 71.3 Å². The average Bonchev–Trinajstić information content (AvgIpc) is 2.66. The normalized spacial score (nSPS) is 13.9. The van der Waals surface area contributed by atoms with Crippen LogP contribution < -0.4 is 5.32 Å². The molecule has 168 valence electrons. The van der Waals surface area contributed by atoms with Gasteiger partial charge in [-0.15, -0.1) is 0 Å². The van der Waals surface area contributed by atoms with Gasteiger partial charge in [-0.1, -0.05) is 41.5 Å². The van der Waals surface area contributed by atoms with Crippen molar-refractivity contribution in [2.45, 2.75) is 47.6 Å². The van der Waals surface area contributed by atoms with Crippen molar-refractivity contribution in [2.24, 2.45) is 16.7 Å². The van der Waals surface area contributed by atoms with E-state index < -0.39 is 29.1 Å². The van der Waals surface area contributed by atoms with Gasteiger partial charge in [0, 0.05) is 18.0 Å². The molecule has 0 saturated heterocycles. The van der Waals surface area contributed by atoms with Crippen LogP contribution in [0.1, 0.15) is 62.3 Å². The van der Waals surface area contributed by atoms with Gasteiger partial charge in [0.2, 0.25) is 0 Å². The minimum absolute atomic E-state index is 0.221. The molecule has 0 aliphatic heterocycles. The lowest BCUT2D eigenvalue weighted by Crippen LogP contribution is -2.49. The molecule has 1 amide bonds. The van der Waals surface area contributed by atoms with Gasteiger partial charge < -0.3 is 10.1 Å². The van der Waals surface area contributed by atoms with Crippen molar-refractivity contribution < 1.29 is 23.1 Å². The molecule has 0 saturated carbocycles. The van der Waals surface area contributed by atoms with Crippen molar-refractivity contribution in [3.63, 3.8) is 0 Å². The summed E-state index contributed by atoms with van der Waals surface area (Å²) in [5.41, 5.74) is -0.117. The molecule has 0 spiro atoms. The number of rotatable bonds is 6. The number of halogens is 2. The van der Waals surface area contributed by atoms with Crippen LogP contribution in [-0.2, 0) is 4.74 Å². The van der Waals surface area contributed by atoms with Gasteiger partial charge in [0.15, 0.2) is 0 Å². The third-order valence-electron chi connectivity index (χ3n) is 5.23. The van der Waals surface area contributed by atoms with Gasteiger partial charge in [-0.3, -0.25) is 4.79 Å². The fourth-order valence-electron chi connectivity index (χ4n) is 3.41. The van der Waals surface area contributed by atoms with Crippen LogP contribution in [0.4, 0.5) is 8.78 Å². The summed E-state index contributed by atoms with van der Waals surface area (Å²) in [6.07, 6.45) is -0.529. The second kappa shape index (κ2) is 9.58. The van der Waals surface area contributed by atoms with Crippen molar-refractivity contribution in [2.75, 3.05) is 6.54 Å². The summed E-state index contributed by atoms with van der Waals surface area (Å²) in [7, 11) is 0. The number of benzene rings is 2. The Morgan fingerprint density at radius 1 is 0.806 bits per heavy atom. The summed E-state index contributed by atoms with van der Waals surface area (Å²) in [6.45, 7) is 12.2. The van der Waals surface area contributed by atoms with E-state index in [1.807, 2.05) is 41.5 Å². The van der Waals surface area contributed by atoms with Gasteiger partial charge >= 0.3 is 5.97 Å². The Bertz CT molecular complexity index is 894. The molecule has 0 heterocycles. The minimum atomic E-state index is -0.543. The van der Waals surface area contributed by atoms with Gasteiger partial charge in [0.1, 0.15) is 17.7 Å². The first kappa shape index (κ1) is 24.5. The highest BCUT2D eigenvalue weighted by Crippen LogP contribution is 2.38. The molecule has 6 heteroatoms. The maximum absolute atomic E-state index is 13.2. The first-order valence-electron chi connectivity index (χ1n) is 10.3. The van der Waals surface area contributed by atoms with Gasteiger partial charge in [-0.2, -0.15) is 0 Å². The van der Waals surface area contributed by atoms with E-state index in [-0.39, 0.29) is 29.3 Å². The molecule has 2 rings (SSSR count). The van der Waals surface area contributed by atoms with Crippen LogP contribution in [0.5, 0.6) is 0 Å². The first-order chi connectivity index (χ1) is 14.3. The lowest BCUT2D eigenvalue weighted by Gasteiger charge is -2.43. The van der Waals surface area contributed by atoms with Crippen molar-refractivity contribution in [1.29, 1.82) is 0 Å². The summed E-state index contributed by atoms with van der Waals surface area (Å²) in [5.74, 6) is -1.93. The summed E-state index contributed by atoms with van der Waals surface area (Å²) >= 11 is 0. The number of esters is 1. The van der Waals surface area contributed by atoms with Crippen LogP contribution in [-0.4, -0.2) is 24.5 Å². The van der Waals surface area contributed by atoms with Crippen LogP contribution in [0, 0.1) is 28.4 Å². The number of ether oxygens (including phenoxy) is 1. The number of carbonyl (C=O) groups excluding carboxylic acids is 2. The third kappa shape index (κ3) is 6.88. The number of amides is 1. The second-order valence-electron chi connectivity index (χ2n) is 9.89. The third-order valence-corrected chi connectivity index (χ3v) is 5.23. The van der Waals surface area contributed by atoms with Crippen molar-refractivity contribution >= 4 is 11.9 Å². The van der Waals surface area contributed by atoms with Crippen LogP contribution in [0.15, 0.2) is 48.5 Å². The largest absolute Gasteiger partial charge is 0.458 e. The number of nitrogens with one attached hydrogen (secondary N) is 1. The monoisotopic (exact) mass is 431 g/mol. The maximum atomic E-state index is 13.2. The summed E-state index contributed by atoms with van der Waals surface area (Å²) in [6, 6.07) is 10.5. The lowest BCUT2D eigenvalue weighted by atomic mass is 9.69. The molecule has 0 bridgehead atoms. The van der Waals surface area contributed by atoms with Crippen LogP contribution in [0.25, 0.3) is 0 Å². The Balaban J connectivity index is 2.23. The standard InChI is InChI=1S/C25H31F2NO3/c1-24(2,3)20(15-28-22(29)16-7-11-18(26)12-8-16)21(25(4,5)6)31-23(30)17-9-13-19(27)14-10-17/h7-14,20-21H,15H2,1-6H3,(H,28,29). The van der Waals surface area contributed by atoms with Gasteiger partial charge in [-0.05, 0) is 59.4 Å². The second-order valence-corrected chi connectivity index (χ2v) is 9.89. The lowest BCUT2D eigenvalue weighted by molar-refractivity contribution is -0.0539. The maximum Gasteiger partial charge on any atom is 0.338 e. The number of hydrogen-bond donors (Lipinski definition) is 1. The fraction of sp³-hybridized carbons (Fsp3) is 0.440. The molecular weight excluding hydrogens is 400 g/mol. The summed E-state index contributed by atoms with van der Waals surface area (Å²) in [5, 5.41) is 2.90. The van der Waals surface area contributed by atoms with Gasteiger partial charge in [0.05, 0.1) is 5.56 Å². The highest BCUT2D eigenvalue weighted by Gasteiger charge is 2.42. The van der Waals surface area contributed by atoms with E-state index in [4.69, 9.17) is 4.74 Å². The molecule has 4 nitrogen and oxygen atoms in total. The van der Waals surface area contributed by atoms with E-state index >= 15 is 0 Å².